The molecule has 3 saturated heterocycles. The molecule has 3 heterocycles. The summed E-state index contributed by atoms with van der Waals surface area (Å²) in [5.41, 5.74) is -0.271. The van der Waals surface area contributed by atoms with Crippen LogP contribution < -0.4 is 5.32 Å². The molecule has 1 atom stereocenters. The van der Waals surface area contributed by atoms with Crippen molar-refractivity contribution in [1.29, 1.82) is 0 Å². The summed E-state index contributed by atoms with van der Waals surface area (Å²) in [6, 6.07) is 8.91. The lowest BCUT2D eigenvalue weighted by Crippen LogP contribution is -2.55. The van der Waals surface area contributed by atoms with Gasteiger partial charge in [0.15, 0.2) is 0 Å². The van der Waals surface area contributed by atoms with Crippen molar-refractivity contribution in [3.63, 3.8) is 0 Å². The lowest BCUT2D eigenvalue weighted by atomic mass is 9.87. The van der Waals surface area contributed by atoms with Crippen molar-refractivity contribution < 1.29 is 18.0 Å². The van der Waals surface area contributed by atoms with Crippen LogP contribution in [0.4, 0.5) is 4.79 Å². The maximum Gasteiger partial charge on any atom is 0.326 e. The molecule has 176 valence electrons. The lowest BCUT2D eigenvalue weighted by Gasteiger charge is -2.37. The largest absolute Gasteiger partial charge is 0.326 e. The second-order valence-electron chi connectivity index (χ2n) is 8.77. The van der Waals surface area contributed by atoms with Crippen LogP contribution in [-0.4, -0.2) is 84.7 Å². The molecule has 3 fully saturated rings. The Hall–Kier alpha value is -2.01. The highest BCUT2D eigenvalue weighted by Crippen LogP contribution is 2.32. The van der Waals surface area contributed by atoms with Crippen LogP contribution in [0.15, 0.2) is 30.3 Å². The van der Waals surface area contributed by atoms with Crippen LogP contribution in [0.2, 0.25) is 0 Å². The summed E-state index contributed by atoms with van der Waals surface area (Å²) in [6.45, 7) is 4.91. The number of imide groups is 1. The Morgan fingerprint density at radius 2 is 1.47 bits per heavy atom. The summed E-state index contributed by atoms with van der Waals surface area (Å²) in [4.78, 5) is 29.3. The molecule has 0 radical (unpaired) electrons. The van der Waals surface area contributed by atoms with Gasteiger partial charge in [-0.3, -0.25) is 9.69 Å². The van der Waals surface area contributed by atoms with Gasteiger partial charge in [-0.25, -0.2) is 9.69 Å². The van der Waals surface area contributed by atoms with E-state index < -0.39 is 21.8 Å². The fraction of sp³-hybridized carbons (Fsp3) is 0.636. The summed E-state index contributed by atoms with van der Waals surface area (Å²) >= 11 is 0. The Balaban J connectivity index is 1.39. The van der Waals surface area contributed by atoms with Crippen molar-refractivity contribution in [3.8, 4) is 0 Å². The second-order valence-corrected chi connectivity index (χ2v) is 10.7. The molecule has 10 heteroatoms. The number of urea groups is 1. The van der Waals surface area contributed by atoms with Crippen LogP contribution in [0.1, 0.15) is 44.6 Å². The first-order chi connectivity index (χ1) is 15.4. The van der Waals surface area contributed by atoms with E-state index in [0.29, 0.717) is 45.7 Å². The van der Waals surface area contributed by atoms with Crippen LogP contribution in [0.3, 0.4) is 0 Å². The van der Waals surface area contributed by atoms with E-state index in [9.17, 15) is 18.0 Å². The molecule has 1 N–H and O–H groups in total. The maximum atomic E-state index is 13.3. The molecule has 0 aliphatic carbocycles. The first-order valence-electron chi connectivity index (χ1n) is 11.6. The van der Waals surface area contributed by atoms with E-state index in [4.69, 9.17) is 0 Å². The van der Waals surface area contributed by atoms with Crippen LogP contribution >= 0.6 is 0 Å². The average molecular weight is 464 g/mol. The first kappa shape index (κ1) is 23.2. The summed E-state index contributed by atoms with van der Waals surface area (Å²) in [6.07, 6.45) is 4.43. The molecule has 9 nitrogen and oxygen atoms in total. The predicted octanol–water partition coefficient (Wildman–Crippen LogP) is 1.54. The molecule has 3 amide bonds. The van der Waals surface area contributed by atoms with Crippen LogP contribution in [-0.2, 0) is 20.5 Å². The minimum absolute atomic E-state index is 0.164. The van der Waals surface area contributed by atoms with E-state index in [2.05, 4.69) is 5.32 Å². The normalized spacial score (nSPS) is 26.8. The Morgan fingerprint density at radius 3 is 2.06 bits per heavy atom. The van der Waals surface area contributed by atoms with Gasteiger partial charge in [0.25, 0.3) is 16.1 Å². The van der Waals surface area contributed by atoms with E-state index in [1.165, 1.54) is 4.90 Å². The Kier molecular flexibility index (Phi) is 6.85. The number of piperazine rings is 1. The summed E-state index contributed by atoms with van der Waals surface area (Å²) in [5, 5.41) is 2.90. The second kappa shape index (κ2) is 9.46. The number of hydrogen-bond acceptors (Lipinski definition) is 5. The van der Waals surface area contributed by atoms with Crippen molar-refractivity contribution in [1.82, 2.24) is 23.7 Å². The Morgan fingerprint density at radius 1 is 0.875 bits per heavy atom. The third kappa shape index (κ3) is 4.28. The van der Waals surface area contributed by atoms with E-state index in [-0.39, 0.29) is 12.6 Å². The van der Waals surface area contributed by atoms with Gasteiger partial charge in [0.05, 0.1) is 6.67 Å². The molecule has 3 aliphatic rings. The molecule has 32 heavy (non-hydrogen) atoms. The first-order valence-corrected chi connectivity index (χ1v) is 13.0. The highest BCUT2D eigenvalue weighted by molar-refractivity contribution is 7.86. The molecule has 3 aliphatic heterocycles. The Labute approximate surface area is 190 Å². The van der Waals surface area contributed by atoms with E-state index in [0.717, 1.165) is 31.2 Å². The van der Waals surface area contributed by atoms with E-state index >= 15 is 0 Å². The summed E-state index contributed by atoms with van der Waals surface area (Å²) < 4.78 is 29.2. The molecular weight excluding hydrogens is 430 g/mol. The molecule has 0 spiro atoms. The lowest BCUT2D eigenvalue weighted by molar-refractivity contribution is -0.133. The molecule has 4 rings (SSSR count). The Bertz CT molecular complexity index is 925. The zero-order valence-corrected chi connectivity index (χ0v) is 19.5. The third-order valence-corrected chi connectivity index (χ3v) is 8.90. The van der Waals surface area contributed by atoms with Crippen molar-refractivity contribution in [3.05, 3.63) is 35.9 Å². The monoisotopic (exact) mass is 463 g/mol. The van der Waals surface area contributed by atoms with Gasteiger partial charge in [-0.05, 0) is 24.8 Å². The molecule has 1 aromatic rings. The topological polar surface area (TPSA) is 93.3 Å². The van der Waals surface area contributed by atoms with Gasteiger partial charge < -0.3 is 5.32 Å². The van der Waals surface area contributed by atoms with Gasteiger partial charge in [-0.1, -0.05) is 50.1 Å². The van der Waals surface area contributed by atoms with Crippen molar-refractivity contribution in [2.45, 2.75) is 44.6 Å². The fourth-order valence-corrected chi connectivity index (χ4v) is 6.52. The van der Waals surface area contributed by atoms with Crippen molar-refractivity contribution >= 4 is 22.1 Å². The number of nitrogens with zero attached hydrogens (tertiary/aromatic N) is 4. The highest BCUT2D eigenvalue weighted by Gasteiger charge is 2.51. The number of carbonyl (C=O) groups is 2. The van der Waals surface area contributed by atoms with Gasteiger partial charge >= 0.3 is 6.03 Å². The minimum atomic E-state index is -3.46. The SMILES string of the molecule is CCC1(c2ccccc2)NC(=O)N(CN2CCN(S(=O)(=O)N3CCCCCC3)CC2)C1=O. The summed E-state index contributed by atoms with van der Waals surface area (Å²) in [5.74, 6) is -0.254. The molecule has 1 aromatic carbocycles. The smallest absolute Gasteiger partial charge is 0.319 e. The van der Waals surface area contributed by atoms with Gasteiger partial charge in [0, 0.05) is 39.3 Å². The van der Waals surface area contributed by atoms with Crippen molar-refractivity contribution in [2.75, 3.05) is 45.9 Å². The molecule has 0 bridgehead atoms. The number of benzene rings is 1. The van der Waals surface area contributed by atoms with Gasteiger partial charge in [-0.15, -0.1) is 0 Å². The molecule has 0 aromatic heterocycles. The number of nitrogens with one attached hydrogen (secondary N) is 1. The number of carbonyl (C=O) groups excluding carboxylic acids is 2. The van der Waals surface area contributed by atoms with Crippen molar-refractivity contribution in [2.24, 2.45) is 0 Å². The number of hydrogen-bond donors (Lipinski definition) is 1. The average Bonchev–Trinajstić information content (AvgIpc) is 3.00. The molecular formula is C22H33N5O4S. The fourth-order valence-electron chi connectivity index (χ4n) is 4.85. The number of rotatable bonds is 6. The van der Waals surface area contributed by atoms with Crippen LogP contribution in [0.25, 0.3) is 0 Å². The quantitative estimate of drug-likeness (QED) is 0.646. The van der Waals surface area contributed by atoms with Crippen LogP contribution in [0.5, 0.6) is 0 Å². The van der Waals surface area contributed by atoms with Crippen LogP contribution in [0, 0.1) is 0 Å². The molecule has 1 unspecified atom stereocenters. The standard InChI is InChI=1S/C22H33N5O4S/c1-2-22(19-10-6-5-7-11-19)20(28)27(21(29)23-22)18-24-14-16-26(17-15-24)32(30,31)25-12-8-3-4-9-13-25/h5-7,10-11H,2-4,8-9,12-18H2,1H3,(H,23,29). The zero-order chi connectivity index (χ0) is 22.8. The maximum absolute atomic E-state index is 13.3. The van der Waals surface area contributed by atoms with Gasteiger partial charge in [0.2, 0.25) is 0 Å². The highest BCUT2D eigenvalue weighted by atomic mass is 32.2. The summed E-state index contributed by atoms with van der Waals surface area (Å²) in [7, 11) is -3.46. The third-order valence-electron chi connectivity index (χ3n) is 6.86. The zero-order valence-electron chi connectivity index (χ0n) is 18.7. The minimum Gasteiger partial charge on any atom is -0.319 e. The predicted molar refractivity (Wildman–Crippen MR) is 121 cm³/mol. The van der Waals surface area contributed by atoms with Gasteiger partial charge in [-0.2, -0.15) is 17.0 Å². The number of amides is 3. The molecule has 0 saturated carbocycles. The van der Waals surface area contributed by atoms with E-state index in [1.807, 2.05) is 42.2 Å². The van der Waals surface area contributed by atoms with Gasteiger partial charge in [0.1, 0.15) is 5.54 Å². The van der Waals surface area contributed by atoms with E-state index in [1.54, 1.807) is 8.61 Å².